The van der Waals surface area contributed by atoms with Gasteiger partial charge in [-0.2, -0.15) is 21.9 Å². The summed E-state index contributed by atoms with van der Waals surface area (Å²) in [4.78, 5) is 148. The molecule has 0 spiro atoms. The molecule has 3 aromatic heterocycles. The third-order valence-corrected chi connectivity index (χ3v) is 24.2. The molecule has 604 valence electrons. The number of rotatable bonds is 34. The summed E-state index contributed by atoms with van der Waals surface area (Å²) in [5, 5.41) is 29.6. The maximum absolute atomic E-state index is 14.1. The molecule has 10 N–H and O–H groups in total. The topological polar surface area (TPSA) is 470 Å². The normalized spacial score (nSPS) is 22.3. The number of amides is 10. The van der Waals surface area contributed by atoms with Crippen molar-refractivity contribution in [2.75, 3.05) is 79.6 Å². The highest BCUT2D eigenvalue weighted by Gasteiger charge is 2.66. The van der Waals surface area contributed by atoms with Crippen LogP contribution in [-0.2, 0) is 89.3 Å². The summed E-state index contributed by atoms with van der Waals surface area (Å²) in [6.45, 7) is 8.62. The van der Waals surface area contributed by atoms with E-state index in [-0.39, 0.29) is 85.7 Å². The van der Waals surface area contributed by atoms with Crippen molar-refractivity contribution < 1.29 is 93.2 Å². The number of fused-ring (bicyclic) bond motifs is 2. The number of benzene rings is 3. The van der Waals surface area contributed by atoms with Crippen molar-refractivity contribution in [1.82, 2.24) is 50.4 Å². The summed E-state index contributed by atoms with van der Waals surface area (Å²) >= 11 is 1.39. The van der Waals surface area contributed by atoms with Gasteiger partial charge in [0.25, 0.3) is 38.0 Å². The summed E-state index contributed by atoms with van der Waals surface area (Å²) < 4.78 is 87.1. The number of primary amides is 1. The van der Waals surface area contributed by atoms with Gasteiger partial charge in [-0.05, 0) is 146 Å². The maximum atomic E-state index is 14.1. The molecule has 2 unspecified atom stereocenters. The number of carbonyl (C=O) groups excluding carboxylic acids is 9. The minimum absolute atomic E-state index is 0.0105. The minimum Gasteiger partial charge on any atom is -0.476 e. The summed E-state index contributed by atoms with van der Waals surface area (Å²) in [5.41, 5.74) is 9.42. The largest absolute Gasteiger partial charge is 0.476 e. The van der Waals surface area contributed by atoms with Gasteiger partial charge in [0, 0.05) is 85.9 Å². The number of imide groups is 1. The molecular weight excluding hydrogens is 1530 g/mol. The Bertz CT molecular complexity index is 4920. The second-order valence-corrected chi connectivity index (χ2v) is 35.5. The molecule has 4 bridgehead atoms. The zero-order valence-corrected chi connectivity index (χ0v) is 65.5. The highest BCUT2D eigenvalue weighted by molar-refractivity contribution is 7.86. The molecule has 4 aliphatic carbocycles. The van der Waals surface area contributed by atoms with Crippen molar-refractivity contribution in [3.63, 3.8) is 0 Å². The number of hydrogen-bond acceptors (Lipinski definition) is 22. The Labute approximate surface area is 655 Å². The van der Waals surface area contributed by atoms with Crippen molar-refractivity contribution in [2.24, 2.45) is 27.9 Å². The number of thiazole rings is 1. The number of hydrogen-bond donors (Lipinski definition) is 9. The number of carboxylic acid groups (broad SMARTS) is 1. The van der Waals surface area contributed by atoms with Gasteiger partial charge in [-0.3, -0.25) is 57.6 Å². The van der Waals surface area contributed by atoms with Crippen LogP contribution in [0.1, 0.15) is 129 Å². The van der Waals surface area contributed by atoms with Crippen LogP contribution >= 0.6 is 11.3 Å². The second kappa shape index (κ2) is 33.4. The fourth-order valence-electron chi connectivity index (χ4n) is 18.0. The van der Waals surface area contributed by atoms with E-state index in [1.807, 2.05) is 52.9 Å². The summed E-state index contributed by atoms with van der Waals surface area (Å²) in [6, 6.07) is 17.2. The highest BCUT2D eigenvalue weighted by atomic mass is 32.2. The van der Waals surface area contributed by atoms with Gasteiger partial charge in [-0.25, -0.2) is 24.4 Å². The van der Waals surface area contributed by atoms with Crippen LogP contribution in [-0.4, -0.2) is 219 Å². The van der Waals surface area contributed by atoms with Crippen LogP contribution in [0.2, 0.25) is 0 Å². The minimum atomic E-state index is -4.56. The number of pyridine rings is 1. The van der Waals surface area contributed by atoms with E-state index in [2.05, 4.69) is 45.4 Å². The monoisotopic (exact) mass is 1620 g/mol. The van der Waals surface area contributed by atoms with E-state index < -0.39 is 141 Å². The Balaban J connectivity index is 0.661. The van der Waals surface area contributed by atoms with Crippen LogP contribution < -0.4 is 37.2 Å². The van der Waals surface area contributed by atoms with Crippen molar-refractivity contribution in [3.8, 4) is 11.1 Å². The molecule has 6 atom stereocenters. The van der Waals surface area contributed by atoms with Gasteiger partial charge in [-0.1, -0.05) is 75.4 Å². The summed E-state index contributed by atoms with van der Waals surface area (Å²) in [5.74, 6) is -8.00. The fraction of sp³-hybridized carbons (Fsp3) is 0.487. The third kappa shape index (κ3) is 19.7. The van der Waals surface area contributed by atoms with Gasteiger partial charge >= 0.3 is 18.1 Å². The average Bonchev–Trinajstić information content (AvgIpc) is 0.931. The van der Waals surface area contributed by atoms with E-state index in [1.165, 1.54) is 23.5 Å². The number of nitrogens with zero attached hydrogens (tertiary/aromatic N) is 8. The van der Waals surface area contributed by atoms with E-state index >= 15 is 0 Å². The molecule has 6 aromatic rings. The summed E-state index contributed by atoms with van der Waals surface area (Å²) in [7, 11) is -8.98. The molecule has 6 heterocycles. The molecule has 5 fully saturated rings. The first kappa shape index (κ1) is 82.2. The predicted molar refractivity (Wildman–Crippen MR) is 412 cm³/mol. The Morgan fingerprint density at radius 1 is 0.796 bits per heavy atom. The quantitative estimate of drug-likeness (QED) is 0.0130. The number of anilines is 3. The molecule has 13 rings (SSSR count). The second-order valence-electron chi connectivity index (χ2n) is 31.4. The number of urea groups is 1. The third-order valence-electron chi connectivity index (χ3n) is 21.8. The lowest BCUT2D eigenvalue weighted by molar-refractivity contribution is -0.248. The maximum Gasteiger partial charge on any atom is 0.410 e. The van der Waals surface area contributed by atoms with Crippen molar-refractivity contribution >= 4 is 118 Å². The number of carbonyl (C=O) groups is 10. The van der Waals surface area contributed by atoms with Gasteiger partial charge in [-0.15, -0.1) is 0 Å². The van der Waals surface area contributed by atoms with Crippen molar-refractivity contribution in [1.29, 1.82) is 0 Å². The molecule has 34 nitrogen and oxygen atoms in total. The van der Waals surface area contributed by atoms with Gasteiger partial charge in [0.1, 0.15) is 30.6 Å². The number of ether oxygens (including phenoxy) is 3. The molecular formula is C76H92N14O20S3. The average molecular weight is 1620 g/mol. The standard InChI is InChI=1S/C76H92N14O20S3/c1-45(2)63(84-60(91)35-88-50(37-108-29-31-113(105,106)107)32-57(68(88)97)90-61(92)21-22-62(90)93)67(96)81-56(13-9-24-78-70(77)100)66(95)80-49-17-15-47(16-18-49)36-109-72(101)86(27-30-112(102,103)104)26-28-110-76-41-73(4)38-74(5,42-76)40-75(39-73,43-76)44-89-46(3)53(33-79-89)51-19-20-59(83-64(51)69(98)99)87-25-23-48-10-8-11-52(54(48)34-87)65(94)85-71-82-55-12-6-7-14-58(55)111-71/h6-8,10-12,14-22,33,45,50,56-57,63H,9,13,23-32,34-44H2,1-5H3,(H,80,95)(H,81,96)(H,84,91)(H,98,99)(H3,77,78,100)(H,82,85,94)(H,102,103,104)(H,105,106,107)/t50-,56-,57-,63-,73?,74?,75?,76?/m0/s1. The Morgan fingerprint density at radius 2 is 1.51 bits per heavy atom. The number of aromatic nitrogens is 4. The van der Waals surface area contributed by atoms with Crippen molar-refractivity contribution in [3.05, 3.63) is 131 Å². The molecule has 10 amide bonds. The molecule has 3 aliphatic heterocycles. The molecule has 7 aliphatic rings. The van der Waals surface area contributed by atoms with Crippen LogP contribution in [0, 0.1) is 29.1 Å². The number of likely N-dealkylation sites (tertiary alicyclic amines) is 1. The van der Waals surface area contributed by atoms with E-state index in [4.69, 9.17) is 30.0 Å². The van der Waals surface area contributed by atoms with Gasteiger partial charge < -0.3 is 61.0 Å². The zero-order valence-electron chi connectivity index (χ0n) is 63.0. The highest BCUT2D eigenvalue weighted by Crippen LogP contribution is 2.72. The Morgan fingerprint density at radius 3 is 2.19 bits per heavy atom. The molecule has 3 aromatic carbocycles. The number of nitrogens with two attached hydrogens (primary N) is 1. The van der Waals surface area contributed by atoms with Gasteiger partial charge in [0.2, 0.25) is 23.6 Å². The van der Waals surface area contributed by atoms with Crippen LogP contribution in [0.25, 0.3) is 21.3 Å². The lowest BCUT2D eigenvalue weighted by Gasteiger charge is -2.69. The fourth-order valence-corrected chi connectivity index (χ4v) is 19.6. The lowest BCUT2D eigenvalue weighted by Crippen LogP contribution is -2.64. The van der Waals surface area contributed by atoms with Crippen LogP contribution in [0.5, 0.6) is 0 Å². The SMILES string of the molecule is Cc1c(-c2ccc(N3CCc4cccc(C(=O)Nc5nc6ccccc6s5)c4C3)nc2C(=O)O)cnn1CC12CC3(C)CC(C)(C1)CC(OCCN(CCS(=O)(=O)O)C(=O)OCc1ccc(NC(=O)[C@H](CCCNC(N)=O)NC(=O)[C@@H](NC(=O)CN4C(=O)[C@@H](N5C(=O)C=CC5=O)C[C@H]4COCCS(=O)(=O)O)C(C)C)cc1)(C3)C2. The Hall–Kier alpha value is -10.3. The van der Waals surface area contributed by atoms with Crippen LogP contribution in [0.15, 0.2) is 97.2 Å². The van der Waals surface area contributed by atoms with E-state index in [1.54, 1.807) is 50.4 Å². The molecule has 4 saturated carbocycles. The zero-order chi connectivity index (χ0) is 81.1. The first-order chi connectivity index (χ1) is 53.4. The molecule has 113 heavy (non-hydrogen) atoms. The van der Waals surface area contributed by atoms with Crippen LogP contribution in [0.4, 0.5) is 26.2 Å². The molecule has 1 saturated heterocycles. The number of carboxylic acids is 1. The number of aromatic carboxylic acids is 1. The van der Waals surface area contributed by atoms with Gasteiger partial charge in [0.05, 0.1) is 65.9 Å². The van der Waals surface area contributed by atoms with Crippen molar-refractivity contribution in [2.45, 2.75) is 148 Å². The van der Waals surface area contributed by atoms with Crippen LogP contribution in [0.3, 0.4) is 0 Å². The number of para-hydroxylation sites is 1. The first-order valence-corrected chi connectivity index (χ1v) is 41.2. The first-order valence-electron chi connectivity index (χ1n) is 37.2. The summed E-state index contributed by atoms with van der Waals surface area (Å²) in [6.07, 6.45) is 8.03. The van der Waals surface area contributed by atoms with E-state index in [0.29, 0.717) is 65.7 Å². The number of nitrogens with one attached hydrogen (secondary N) is 5. The predicted octanol–water partition coefficient (Wildman–Crippen LogP) is 5.85. The van der Waals surface area contributed by atoms with E-state index in [0.717, 1.165) is 86.0 Å². The molecule has 0 radical (unpaired) electrons. The lowest BCUT2D eigenvalue weighted by atomic mass is 9.39. The van der Waals surface area contributed by atoms with Gasteiger partial charge in [0.15, 0.2) is 10.8 Å². The van der Waals surface area contributed by atoms with E-state index in [9.17, 15) is 79.0 Å². The molecule has 37 heteroatoms. The Kier molecular flexibility index (Phi) is 24.3. The smallest absolute Gasteiger partial charge is 0.410 e.